The highest BCUT2D eigenvalue weighted by Gasteiger charge is 2.10. The lowest BCUT2D eigenvalue weighted by Crippen LogP contribution is -2.31. The van der Waals surface area contributed by atoms with Crippen LogP contribution in [0.4, 0.5) is 4.39 Å². The molecule has 0 aliphatic heterocycles. The molecule has 0 unspecified atom stereocenters. The minimum Gasteiger partial charge on any atom is -0.392 e. The van der Waals surface area contributed by atoms with E-state index < -0.39 is 6.10 Å². The van der Waals surface area contributed by atoms with Crippen LogP contribution in [0.2, 0.25) is 0 Å². The molecule has 0 saturated carbocycles. The van der Waals surface area contributed by atoms with E-state index in [1.54, 1.807) is 6.92 Å². The molecule has 1 amide bonds. The molecule has 3 nitrogen and oxygen atoms in total. The molecule has 0 bridgehead atoms. The van der Waals surface area contributed by atoms with Crippen molar-refractivity contribution < 1.29 is 14.3 Å². The van der Waals surface area contributed by atoms with Crippen molar-refractivity contribution in [2.75, 3.05) is 6.54 Å². The Kier molecular flexibility index (Phi) is 4.46. The zero-order chi connectivity index (χ0) is 11.4. The number of nitrogens with one attached hydrogen (secondary N) is 1. The summed E-state index contributed by atoms with van der Waals surface area (Å²) in [4.78, 5) is 11.5. The lowest BCUT2D eigenvalue weighted by atomic mass is 10.2. The van der Waals surface area contributed by atoms with Gasteiger partial charge in [-0.25, -0.2) is 4.39 Å². The largest absolute Gasteiger partial charge is 0.392 e. The number of benzene rings is 1. The Morgan fingerprint density at radius 1 is 1.67 bits per heavy atom. The number of hydrogen-bond donors (Lipinski definition) is 2. The number of carbonyl (C=O) groups is 1. The predicted octanol–water partition coefficient (Wildman–Crippen LogP) is 1.54. The number of carbonyl (C=O) groups excluding carboxylic acids is 1. The highest BCUT2D eigenvalue weighted by atomic mass is 127. The average molecular weight is 323 g/mol. The van der Waals surface area contributed by atoms with Crippen LogP contribution in [0.25, 0.3) is 0 Å². The normalized spacial score (nSPS) is 12.3. The molecule has 1 rings (SSSR count). The first-order chi connectivity index (χ1) is 7.00. The summed E-state index contributed by atoms with van der Waals surface area (Å²) in [5.74, 6) is -0.674. The second kappa shape index (κ2) is 5.41. The molecule has 5 heteroatoms. The van der Waals surface area contributed by atoms with E-state index in [2.05, 4.69) is 5.32 Å². The lowest BCUT2D eigenvalue weighted by Gasteiger charge is -2.08. The molecule has 15 heavy (non-hydrogen) atoms. The molecular formula is C10H11FINO2. The van der Waals surface area contributed by atoms with E-state index in [-0.39, 0.29) is 18.3 Å². The van der Waals surface area contributed by atoms with Crippen LogP contribution in [0.5, 0.6) is 0 Å². The zero-order valence-electron chi connectivity index (χ0n) is 8.13. The number of aliphatic hydroxyl groups is 1. The molecule has 1 atom stereocenters. The maximum Gasteiger partial charge on any atom is 0.252 e. The first-order valence-electron chi connectivity index (χ1n) is 4.42. The summed E-state index contributed by atoms with van der Waals surface area (Å²) in [5.41, 5.74) is 0.414. The minimum absolute atomic E-state index is 0.187. The highest BCUT2D eigenvalue weighted by Crippen LogP contribution is 2.13. The van der Waals surface area contributed by atoms with E-state index in [1.165, 1.54) is 18.2 Å². The fraction of sp³-hybridized carbons (Fsp3) is 0.300. The second-order valence-electron chi connectivity index (χ2n) is 3.18. The summed E-state index contributed by atoms with van der Waals surface area (Å²) in [6.45, 7) is 1.77. The number of aliphatic hydroxyl groups excluding tert-OH is 1. The van der Waals surface area contributed by atoms with Crippen LogP contribution >= 0.6 is 22.6 Å². The molecule has 0 saturated heterocycles. The van der Waals surface area contributed by atoms with Gasteiger partial charge in [-0.15, -0.1) is 0 Å². The SMILES string of the molecule is C[C@H](O)CNC(=O)c1ccc(F)cc1I. The maximum absolute atomic E-state index is 12.7. The summed E-state index contributed by atoms with van der Waals surface area (Å²) in [6, 6.07) is 3.95. The summed E-state index contributed by atoms with van der Waals surface area (Å²) < 4.78 is 13.3. The number of amides is 1. The molecule has 1 aromatic rings. The third-order valence-corrected chi connectivity index (χ3v) is 2.63. The van der Waals surface area contributed by atoms with Gasteiger partial charge in [-0.2, -0.15) is 0 Å². The van der Waals surface area contributed by atoms with Gasteiger partial charge in [0.05, 0.1) is 11.7 Å². The molecule has 82 valence electrons. The van der Waals surface area contributed by atoms with E-state index in [1.807, 2.05) is 22.6 Å². The lowest BCUT2D eigenvalue weighted by molar-refractivity contribution is 0.0923. The predicted molar refractivity (Wildman–Crippen MR) is 63.1 cm³/mol. The Morgan fingerprint density at radius 3 is 2.87 bits per heavy atom. The Bertz CT molecular complexity index is 368. The fourth-order valence-electron chi connectivity index (χ4n) is 1.01. The van der Waals surface area contributed by atoms with E-state index in [0.717, 1.165) is 0 Å². The molecule has 2 N–H and O–H groups in total. The monoisotopic (exact) mass is 323 g/mol. The van der Waals surface area contributed by atoms with Crippen molar-refractivity contribution in [3.63, 3.8) is 0 Å². The quantitative estimate of drug-likeness (QED) is 0.829. The van der Waals surface area contributed by atoms with Crippen molar-refractivity contribution in [2.24, 2.45) is 0 Å². The van der Waals surface area contributed by atoms with Gasteiger partial charge in [-0.1, -0.05) is 0 Å². The molecule has 0 spiro atoms. The van der Waals surface area contributed by atoms with E-state index in [0.29, 0.717) is 9.13 Å². The molecule has 0 aliphatic carbocycles. The first kappa shape index (κ1) is 12.4. The van der Waals surface area contributed by atoms with Crippen molar-refractivity contribution in [1.82, 2.24) is 5.32 Å². The van der Waals surface area contributed by atoms with Crippen molar-refractivity contribution >= 4 is 28.5 Å². The van der Waals surface area contributed by atoms with Gasteiger partial charge in [0.2, 0.25) is 0 Å². The average Bonchev–Trinajstić information content (AvgIpc) is 2.14. The van der Waals surface area contributed by atoms with Crippen LogP contribution in [0.1, 0.15) is 17.3 Å². The standard InChI is InChI=1S/C10H11FINO2/c1-6(14)5-13-10(15)8-3-2-7(11)4-9(8)12/h2-4,6,14H,5H2,1H3,(H,13,15)/t6-/m0/s1. The van der Waals surface area contributed by atoms with Gasteiger partial charge in [0, 0.05) is 10.1 Å². The second-order valence-corrected chi connectivity index (χ2v) is 4.35. The summed E-state index contributed by atoms with van der Waals surface area (Å²) in [5, 5.41) is 11.5. The van der Waals surface area contributed by atoms with Crippen LogP contribution in [-0.4, -0.2) is 23.7 Å². The van der Waals surface area contributed by atoms with Crippen LogP contribution in [-0.2, 0) is 0 Å². The number of rotatable bonds is 3. The molecule has 0 fully saturated rings. The zero-order valence-corrected chi connectivity index (χ0v) is 10.3. The van der Waals surface area contributed by atoms with Gasteiger partial charge in [0.1, 0.15) is 5.82 Å². The Morgan fingerprint density at radius 2 is 2.33 bits per heavy atom. The molecule has 0 radical (unpaired) electrons. The van der Waals surface area contributed by atoms with E-state index in [4.69, 9.17) is 5.11 Å². The molecule has 0 heterocycles. The van der Waals surface area contributed by atoms with E-state index >= 15 is 0 Å². The maximum atomic E-state index is 12.7. The molecular weight excluding hydrogens is 312 g/mol. The van der Waals surface area contributed by atoms with Crippen LogP contribution in [0, 0.1) is 9.39 Å². The van der Waals surface area contributed by atoms with Crippen molar-refractivity contribution in [3.8, 4) is 0 Å². The smallest absolute Gasteiger partial charge is 0.252 e. The van der Waals surface area contributed by atoms with E-state index in [9.17, 15) is 9.18 Å². The third-order valence-electron chi connectivity index (χ3n) is 1.73. The van der Waals surface area contributed by atoms with Crippen LogP contribution < -0.4 is 5.32 Å². The van der Waals surface area contributed by atoms with Gasteiger partial charge in [0.25, 0.3) is 5.91 Å². The van der Waals surface area contributed by atoms with Crippen molar-refractivity contribution in [3.05, 3.63) is 33.1 Å². The summed E-state index contributed by atoms with van der Waals surface area (Å²) >= 11 is 1.89. The molecule has 0 aliphatic rings. The van der Waals surface area contributed by atoms with Gasteiger partial charge in [0.15, 0.2) is 0 Å². The fourth-order valence-corrected chi connectivity index (χ4v) is 1.73. The number of hydrogen-bond acceptors (Lipinski definition) is 2. The Hall–Kier alpha value is -0.690. The van der Waals surface area contributed by atoms with Crippen LogP contribution in [0.3, 0.4) is 0 Å². The summed E-state index contributed by atoms with van der Waals surface area (Å²) in [7, 11) is 0. The van der Waals surface area contributed by atoms with Gasteiger partial charge in [-0.05, 0) is 47.7 Å². The molecule has 1 aromatic carbocycles. The number of halogens is 2. The van der Waals surface area contributed by atoms with Crippen molar-refractivity contribution in [1.29, 1.82) is 0 Å². The Labute approximate surface area is 101 Å². The summed E-state index contributed by atoms with van der Waals surface area (Å²) in [6.07, 6.45) is -0.591. The first-order valence-corrected chi connectivity index (χ1v) is 5.50. The van der Waals surface area contributed by atoms with Gasteiger partial charge in [-0.3, -0.25) is 4.79 Å². The van der Waals surface area contributed by atoms with Gasteiger partial charge >= 0.3 is 0 Å². The van der Waals surface area contributed by atoms with Crippen molar-refractivity contribution in [2.45, 2.75) is 13.0 Å². The Balaban J connectivity index is 2.74. The van der Waals surface area contributed by atoms with Gasteiger partial charge < -0.3 is 10.4 Å². The molecule has 0 aromatic heterocycles. The van der Waals surface area contributed by atoms with Crippen LogP contribution in [0.15, 0.2) is 18.2 Å². The topological polar surface area (TPSA) is 49.3 Å². The minimum atomic E-state index is -0.591. The third kappa shape index (κ3) is 3.75. The highest BCUT2D eigenvalue weighted by molar-refractivity contribution is 14.1.